The number of aldehydes is 1. The molecule has 3 aromatic rings. The van der Waals surface area contributed by atoms with Crippen LogP contribution in [0, 0.1) is 11.8 Å². The Bertz CT molecular complexity index is 1500. The SMILES string of the molecule is CC1CCCC(CCCC=O)N1.CN(C)C.CNC(=O)c1ccc(OC)c(NCC#Cc2nn3c(N)cccc3c2[Se]C(F)(F)F)c1. The van der Waals surface area contributed by atoms with Crippen LogP contribution in [0.25, 0.3) is 5.52 Å². The molecule has 1 fully saturated rings. The number of rotatable bonds is 9. The second-order valence-corrected chi connectivity index (χ2v) is 13.5. The topological polar surface area (TPSA) is 126 Å². The molecule has 1 aromatic carbocycles. The van der Waals surface area contributed by atoms with Crippen molar-refractivity contribution in [3.63, 3.8) is 0 Å². The Morgan fingerprint density at radius 2 is 1.98 bits per heavy atom. The maximum atomic E-state index is 13.1. The molecule has 0 aliphatic carbocycles. The molecule has 3 heterocycles. The fourth-order valence-electron chi connectivity index (χ4n) is 4.68. The molecule has 0 bridgehead atoms. The molecule has 4 rings (SSSR count). The Hall–Kier alpha value is -3.76. The van der Waals surface area contributed by atoms with E-state index in [1.165, 1.54) is 50.4 Å². The van der Waals surface area contributed by atoms with Crippen molar-refractivity contribution in [3.05, 3.63) is 47.7 Å². The number of nitrogens with two attached hydrogens (primary N) is 1. The van der Waals surface area contributed by atoms with Gasteiger partial charge in [0.05, 0.1) is 0 Å². The van der Waals surface area contributed by atoms with Crippen LogP contribution in [0.2, 0.25) is 0 Å². The number of ether oxygens (including phenoxy) is 1. The molecule has 5 N–H and O–H groups in total. The van der Waals surface area contributed by atoms with Gasteiger partial charge < -0.3 is 15.0 Å². The van der Waals surface area contributed by atoms with Crippen LogP contribution in [0.3, 0.4) is 0 Å². The van der Waals surface area contributed by atoms with E-state index in [0.717, 1.165) is 19.1 Å². The number of pyridine rings is 1. The van der Waals surface area contributed by atoms with Gasteiger partial charge in [-0.1, -0.05) is 6.42 Å². The number of aromatic nitrogens is 2. The molecule has 14 heteroatoms. The fraction of sp³-hybridized carbons (Fsp3) is 0.485. The van der Waals surface area contributed by atoms with Crippen LogP contribution in [0.15, 0.2) is 36.4 Å². The molecule has 0 spiro atoms. The molecule has 2 atom stereocenters. The molecule has 2 aromatic heterocycles. The first-order chi connectivity index (χ1) is 22.3. The van der Waals surface area contributed by atoms with E-state index in [1.807, 2.05) is 26.0 Å². The molecular weight excluding hydrogens is 678 g/mol. The van der Waals surface area contributed by atoms with Crippen LogP contribution < -0.4 is 30.9 Å². The average molecular weight is 725 g/mol. The van der Waals surface area contributed by atoms with Crippen LogP contribution in [-0.2, 0) is 4.79 Å². The number of alkyl halides is 3. The summed E-state index contributed by atoms with van der Waals surface area (Å²) in [6.07, 6.45) is 7.92. The summed E-state index contributed by atoms with van der Waals surface area (Å²) in [7, 11) is 9.01. The van der Waals surface area contributed by atoms with E-state index >= 15 is 0 Å². The van der Waals surface area contributed by atoms with Gasteiger partial charge in [-0.15, -0.1) is 0 Å². The average Bonchev–Trinajstić information content (AvgIpc) is 3.36. The van der Waals surface area contributed by atoms with Crippen LogP contribution in [0.1, 0.15) is 61.5 Å². The molecule has 1 aliphatic rings. The van der Waals surface area contributed by atoms with Gasteiger partial charge in [-0.25, -0.2) is 0 Å². The zero-order valence-electron chi connectivity index (χ0n) is 27.8. The van der Waals surface area contributed by atoms with Gasteiger partial charge in [0.2, 0.25) is 0 Å². The summed E-state index contributed by atoms with van der Waals surface area (Å²) >= 11 is -1.83. The Morgan fingerprint density at radius 1 is 1.26 bits per heavy atom. The van der Waals surface area contributed by atoms with Crippen molar-refractivity contribution in [1.82, 2.24) is 25.1 Å². The minimum absolute atomic E-state index is 0.0268. The van der Waals surface area contributed by atoms with Gasteiger partial charge in [-0.2, -0.15) is 0 Å². The molecule has 0 saturated carbocycles. The zero-order chi connectivity index (χ0) is 35.0. The van der Waals surface area contributed by atoms with Gasteiger partial charge in [-0.05, 0) is 53.8 Å². The summed E-state index contributed by atoms with van der Waals surface area (Å²) in [5.74, 6) is 5.94. The Morgan fingerprint density at radius 3 is 2.60 bits per heavy atom. The molecule has 10 nitrogen and oxygen atoms in total. The standard InChI is InChI=1S/C20H18F3N5O2Se.C10H19NO.C3H9N/c1-25-19(29)12-8-9-16(30-2)14(11-12)26-10-4-5-13-18(31-20(21,22)23)15-6-3-7-17(24)28(15)27-13;1-9-5-4-7-10(11-9)6-2-3-8-12;1-4(2)3/h3,6-9,11,26H,10,24H2,1-2H3,(H,25,29);8-11H,2-7H2,1H3;1-3H3. The number of hydrogen-bond donors (Lipinski definition) is 4. The normalized spacial score (nSPS) is 15.7. The molecule has 0 radical (unpaired) electrons. The van der Waals surface area contributed by atoms with Crippen molar-refractivity contribution < 1.29 is 27.5 Å². The Kier molecular flexibility index (Phi) is 16.6. The van der Waals surface area contributed by atoms with Gasteiger partial charge in [0.1, 0.15) is 6.29 Å². The number of benzene rings is 1. The van der Waals surface area contributed by atoms with Gasteiger partial charge in [0.15, 0.2) is 0 Å². The summed E-state index contributed by atoms with van der Waals surface area (Å²) in [5, 5.41) is 8.89. The third kappa shape index (κ3) is 13.9. The summed E-state index contributed by atoms with van der Waals surface area (Å²) in [4.78, 5) is 23.9. The van der Waals surface area contributed by atoms with E-state index in [1.54, 1.807) is 30.3 Å². The number of methoxy groups -OCH3 is 1. The van der Waals surface area contributed by atoms with Crippen molar-refractivity contribution in [2.75, 3.05) is 52.9 Å². The first-order valence-corrected chi connectivity index (χ1v) is 17.0. The molecular formula is C33H46F3N7O3Se. The van der Waals surface area contributed by atoms with Gasteiger partial charge in [0, 0.05) is 18.5 Å². The van der Waals surface area contributed by atoms with Crippen molar-refractivity contribution in [2.24, 2.45) is 0 Å². The number of anilines is 2. The van der Waals surface area contributed by atoms with Crippen LogP contribution in [0.5, 0.6) is 5.75 Å². The summed E-state index contributed by atoms with van der Waals surface area (Å²) in [5.41, 5.74) is 7.10. The molecule has 1 amide bonds. The van der Waals surface area contributed by atoms with Crippen LogP contribution in [-0.4, -0.2) is 101 Å². The number of halogens is 3. The van der Waals surface area contributed by atoms with Crippen molar-refractivity contribution in [3.8, 4) is 17.6 Å². The number of carbonyl (C=O) groups excluding carboxylic acids is 2. The Labute approximate surface area is 281 Å². The van der Waals surface area contributed by atoms with Gasteiger partial charge >= 0.3 is 182 Å². The number of unbranched alkanes of at least 4 members (excludes halogenated alkanes) is 1. The van der Waals surface area contributed by atoms with E-state index in [9.17, 15) is 22.8 Å². The monoisotopic (exact) mass is 725 g/mol. The quantitative estimate of drug-likeness (QED) is 0.114. The number of piperidine rings is 1. The predicted molar refractivity (Wildman–Crippen MR) is 183 cm³/mol. The van der Waals surface area contributed by atoms with Crippen LogP contribution in [0.4, 0.5) is 24.7 Å². The maximum absolute atomic E-state index is 13.1. The first-order valence-electron chi connectivity index (χ1n) is 15.3. The van der Waals surface area contributed by atoms with Crippen molar-refractivity contribution >= 4 is 48.6 Å². The molecule has 47 heavy (non-hydrogen) atoms. The summed E-state index contributed by atoms with van der Waals surface area (Å²) in [6, 6.07) is 10.9. The number of amides is 1. The number of nitrogens with one attached hydrogen (secondary N) is 3. The van der Waals surface area contributed by atoms with E-state index < -0.39 is 20.0 Å². The molecule has 1 aliphatic heterocycles. The first kappa shape index (κ1) is 39.4. The Balaban J connectivity index is 0.000000396. The summed E-state index contributed by atoms with van der Waals surface area (Å²) < 4.78 is 45.9. The third-order valence-corrected chi connectivity index (χ3v) is 8.46. The van der Waals surface area contributed by atoms with Crippen LogP contribution >= 0.6 is 0 Å². The second kappa shape index (κ2) is 19.8. The van der Waals surface area contributed by atoms with E-state index in [4.69, 9.17) is 10.5 Å². The van der Waals surface area contributed by atoms with Gasteiger partial charge in [0.25, 0.3) is 0 Å². The number of hydrogen-bond acceptors (Lipinski definition) is 8. The molecule has 258 valence electrons. The third-order valence-electron chi connectivity index (χ3n) is 6.71. The fourth-order valence-corrected chi connectivity index (χ4v) is 6.10. The van der Waals surface area contributed by atoms with Gasteiger partial charge in [-0.3, -0.25) is 0 Å². The number of carbonyl (C=O) groups is 2. The second-order valence-electron chi connectivity index (χ2n) is 11.3. The molecule has 1 saturated heterocycles. The van der Waals surface area contributed by atoms with E-state index in [-0.39, 0.29) is 33.9 Å². The predicted octanol–water partition coefficient (Wildman–Crippen LogP) is 3.66. The minimum atomic E-state index is -4.36. The number of nitrogen functional groups attached to an aromatic ring is 1. The van der Waals surface area contributed by atoms with E-state index in [2.05, 4.69) is 39.8 Å². The van der Waals surface area contributed by atoms with Crippen molar-refractivity contribution in [2.45, 2.75) is 62.6 Å². The van der Waals surface area contributed by atoms with Crippen molar-refractivity contribution in [1.29, 1.82) is 0 Å². The number of fused-ring (bicyclic) bond motifs is 1. The summed E-state index contributed by atoms with van der Waals surface area (Å²) in [6.45, 7) is 2.33. The zero-order valence-corrected chi connectivity index (χ0v) is 29.5. The number of nitrogens with zero attached hydrogens (tertiary/aromatic N) is 3. The van der Waals surface area contributed by atoms with E-state index in [0.29, 0.717) is 29.1 Å². The molecule has 2 unspecified atom stereocenters.